The van der Waals surface area contributed by atoms with Crippen LogP contribution >= 0.6 is 24.8 Å². The summed E-state index contributed by atoms with van der Waals surface area (Å²) in [6.07, 6.45) is 6.54. The quantitative estimate of drug-likeness (QED) is 0.851. The third-order valence-electron chi connectivity index (χ3n) is 4.28. The van der Waals surface area contributed by atoms with Crippen molar-refractivity contribution >= 4 is 24.8 Å². The monoisotopic (exact) mass is 318 g/mol. The maximum absolute atomic E-state index is 4.33. The van der Waals surface area contributed by atoms with Crippen molar-refractivity contribution in [2.24, 2.45) is 11.8 Å². The van der Waals surface area contributed by atoms with Crippen molar-refractivity contribution < 1.29 is 0 Å². The summed E-state index contributed by atoms with van der Waals surface area (Å²) in [5, 5.41) is 0. The van der Waals surface area contributed by atoms with Gasteiger partial charge in [0.1, 0.15) is 5.82 Å². The summed E-state index contributed by atoms with van der Waals surface area (Å²) in [6, 6.07) is 2.59. The highest BCUT2D eigenvalue weighted by molar-refractivity contribution is 5.85. The van der Waals surface area contributed by atoms with Gasteiger partial charge in [-0.3, -0.25) is 4.90 Å². The predicted molar refractivity (Wildman–Crippen MR) is 85.5 cm³/mol. The van der Waals surface area contributed by atoms with Gasteiger partial charge in [-0.1, -0.05) is 0 Å². The summed E-state index contributed by atoms with van der Waals surface area (Å²) in [6.45, 7) is 3.27. The summed E-state index contributed by atoms with van der Waals surface area (Å²) in [4.78, 5) is 13.6. The molecule has 4 nitrogen and oxygen atoms in total. The van der Waals surface area contributed by atoms with Gasteiger partial charge in [-0.25, -0.2) is 9.97 Å². The first kappa shape index (κ1) is 17.6. The van der Waals surface area contributed by atoms with Crippen molar-refractivity contribution in [2.75, 3.05) is 27.2 Å². The molecule has 2 atom stereocenters. The number of nitrogens with zero attached hydrogens (tertiary/aromatic N) is 4. The van der Waals surface area contributed by atoms with E-state index in [1.807, 2.05) is 18.5 Å². The topological polar surface area (TPSA) is 32.3 Å². The lowest BCUT2D eigenvalue weighted by Crippen LogP contribution is -2.36. The van der Waals surface area contributed by atoms with E-state index >= 15 is 0 Å². The fourth-order valence-electron chi connectivity index (χ4n) is 3.17. The average Bonchev–Trinajstić information content (AvgIpc) is 3.12. The van der Waals surface area contributed by atoms with Crippen LogP contribution in [0.3, 0.4) is 0 Å². The largest absolute Gasteiger partial charge is 0.305 e. The molecule has 0 spiro atoms. The van der Waals surface area contributed by atoms with Crippen LogP contribution in [0.4, 0.5) is 0 Å². The SMILES string of the molecule is CN(C)[C@H]1CN(Cc2ncccn2)C[C@@H]1C1CC1.Cl.Cl. The van der Waals surface area contributed by atoms with Crippen LogP contribution in [-0.2, 0) is 6.54 Å². The molecule has 0 aromatic carbocycles. The van der Waals surface area contributed by atoms with E-state index in [9.17, 15) is 0 Å². The second-order valence-corrected chi connectivity index (χ2v) is 5.89. The summed E-state index contributed by atoms with van der Waals surface area (Å²) in [7, 11) is 4.42. The Kier molecular flexibility index (Phi) is 6.65. The fraction of sp³-hybridized carbons (Fsp3) is 0.714. The van der Waals surface area contributed by atoms with E-state index in [0.29, 0.717) is 6.04 Å². The minimum Gasteiger partial charge on any atom is -0.305 e. The summed E-state index contributed by atoms with van der Waals surface area (Å²) in [5.74, 6) is 2.77. The Morgan fingerprint density at radius 2 is 1.80 bits per heavy atom. The highest BCUT2D eigenvalue weighted by atomic mass is 35.5. The van der Waals surface area contributed by atoms with E-state index < -0.39 is 0 Å². The van der Waals surface area contributed by atoms with Gasteiger partial charge >= 0.3 is 0 Å². The van der Waals surface area contributed by atoms with Crippen molar-refractivity contribution in [3.8, 4) is 0 Å². The zero-order valence-corrected chi connectivity index (χ0v) is 13.7. The number of hydrogen-bond donors (Lipinski definition) is 0. The summed E-state index contributed by atoms with van der Waals surface area (Å²) in [5.41, 5.74) is 0. The van der Waals surface area contributed by atoms with Crippen molar-refractivity contribution in [2.45, 2.75) is 25.4 Å². The van der Waals surface area contributed by atoms with Gasteiger partial charge in [-0.2, -0.15) is 0 Å². The standard InChI is InChI=1S/C14H22N4.2ClH/c1-17(2)13-9-18(8-12(13)11-4-5-11)10-14-15-6-3-7-16-14;;/h3,6-7,11-13H,4-5,8-10H2,1-2H3;2*1H/t12-,13+;;/m1../s1. The number of aromatic nitrogens is 2. The number of likely N-dealkylation sites (tertiary alicyclic amines) is 1. The van der Waals surface area contributed by atoms with Crippen LogP contribution in [0.5, 0.6) is 0 Å². The third kappa shape index (κ3) is 4.04. The van der Waals surface area contributed by atoms with Crippen molar-refractivity contribution in [1.82, 2.24) is 19.8 Å². The molecule has 1 aliphatic heterocycles. The zero-order chi connectivity index (χ0) is 12.5. The van der Waals surface area contributed by atoms with Crippen LogP contribution in [-0.4, -0.2) is 53.0 Å². The minimum absolute atomic E-state index is 0. The lowest BCUT2D eigenvalue weighted by atomic mass is 9.97. The third-order valence-corrected chi connectivity index (χ3v) is 4.28. The van der Waals surface area contributed by atoms with Gasteiger partial charge in [0, 0.05) is 31.5 Å². The molecule has 2 fully saturated rings. The molecule has 0 N–H and O–H groups in total. The molecule has 114 valence electrons. The van der Waals surface area contributed by atoms with E-state index in [4.69, 9.17) is 0 Å². The van der Waals surface area contributed by atoms with Crippen molar-refractivity contribution in [1.29, 1.82) is 0 Å². The second kappa shape index (κ2) is 7.55. The molecule has 3 rings (SSSR count). The van der Waals surface area contributed by atoms with Gasteiger partial charge in [0.15, 0.2) is 0 Å². The van der Waals surface area contributed by atoms with Crippen molar-refractivity contribution in [3.05, 3.63) is 24.3 Å². The Morgan fingerprint density at radius 3 is 2.35 bits per heavy atom. The van der Waals surface area contributed by atoms with Crippen molar-refractivity contribution in [3.63, 3.8) is 0 Å². The van der Waals surface area contributed by atoms with E-state index in [0.717, 1.165) is 30.7 Å². The van der Waals surface area contributed by atoms with Gasteiger partial charge in [0.25, 0.3) is 0 Å². The van der Waals surface area contributed by atoms with Gasteiger partial charge < -0.3 is 4.90 Å². The van der Waals surface area contributed by atoms with E-state index in [1.165, 1.54) is 19.4 Å². The lowest BCUT2D eigenvalue weighted by molar-refractivity contribution is 0.233. The molecule has 0 bridgehead atoms. The van der Waals surface area contributed by atoms with E-state index in [-0.39, 0.29) is 24.8 Å². The highest BCUT2D eigenvalue weighted by Crippen LogP contribution is 2.42. The molecule has 1 aromatic rings. The van der Waals surface area contributed by atoms with Gasteiger partial charge in [0.05, 0.1) is 6.54 Å². The van der Waals surface area contributed by atoms with Crippen LogP contribution in [0.25, 0.3) is 0 Å². The maximum atomic E-state index is 4.33. The normalized spacial score (nSPS) is 26.1. The van der Waals surface area contributed by atoms with Crippen LogP contribution in [0, 0.1) is 11.8 Å². The number of likely N-dealkylation sites (N-methyl/N-ethyl adjacent to an activating group) is 1. The first-order valence-corrected chi connectivity index (χ1v) is 6.88. The van der Waals surface area contributed by atoms with E-state index in [2.05, 4.69) is 33.9 Å². The molecule has 1 saturated heterocycles. The Morgan fingerprint density at radius 1 is 1.15 bits per heavy atom. The average molecular weight is 319 g/mol. The van der Waals surface area contributed by atoms with Crippen LogP contribution in [0.1, 0.15) is 18.7 Å². The molecule has 6 heteroatoms. The summed E-state index contributed by atoms with van der Waals surface area (Å²) >= 11 is 0. The molecule has 0 amide bonds. The maximum Gasteiger partial charge on any atom is 0.142 e. The molecule has 0 unspecified atom stereocenters. The molecule has 1 aromatic heterocycles. The Hall–Kier alpha value is -0.420. The van der Waals surface area contributed by atoms with Gasteiger partial charge in [-0.05, 0) is 44.8 Å². The van der Waals surface area contributed by atoms with Crippen LogP contribution in [0.15, 0.2) is 18.5 Å². The minimum atomic E-state index is 0. The van der Waals surface area contributed by atoms with Crippen LogP contribution in [0.2, 0.25) is 0 Å². The molecule has 0 radical (unpaired) electrons. The molecule has 2 aliphatic rings. The number of halogens is 2. The molecular weight excluding hydrogens is 295 g/mol. The smallest absolute Gasteiger partial charge is 0.142 e. The fourth-order valence-corrected chi connectivity index (χ4v) is 3.17. The number of rotatable bonds is 4. The highest BCUT2D eigenvalue weighted by Gasteiger charge is 2.43. The summed E-state index contributed by atoms with van der Waals surface area (Å²) < 4.78 is 0. The molecular formula is C14H24Cl2N4. The Bertz CT molecular complexity index is 387. The Balaban J connectivity index is 0.000001000. The molecule has 1 aliphatic carbocycles. The first-order chi connectivity index (χ1) is 8.74. The predicted octanol–water partition coefficient (Wildman–Crippen LogP) is 2.09. The Labute approximate surface area is 133 Å². The first-order valence-electron chi connectivity index (χ1n) is 6.88. The molecule has 1 saturated carbocycles. The zero-order valence-electron chi connectivity index (χ0n) is 12.1. The van der Waals surface area contributed by atoms with Crippen LogP contribution < -0.4 is 0 Å². The number of hydrogen-bond acceptors (Lipinski definition) is 4. The van der Waals surface area contributed by atoms with Gasteiger partial charge in [0.2, 0.25) is 0 Å². The van der Waals surface area contributed by atoms with Gasteiger partial charge in [-0.15, -0.1) is 24.8 Å². The molecule has 20 heavy (non-hydrogen) atoms. The lowest BCUT2D eigenvalue weighted by Gasteiger charge is -2.24. The second-order valence-electron chi connectivity index (χ2n) is 5.89. The van der Waals surface area contributed by atoms with E-state index in [1.54, 1.807) is 0 Å². The molecule has 2 heterocycles.